The molecule has 1 atom stereocenters. The van der Waals surface area contributed by atoms with Crippen molar-refractivity contribution in [2.45, 2.75) is 6.17 Å². The van der Waals surface area contributed by atoms with Crippen molar-refractivity contribution < 1.29 is 9.21 Å². The van der Waals surface area contributed by atoms with Gasteiger partial charge in [0.15, 0.2) is 0 Å². The van der Waals surface area contributed by atoms with Crippen LogP contribution in [0.25, 0.3) is 11.5 Å². The predicted molar refractivity (Wildman–Crippen MR) is 112 cm³/mol. The van der Waals surface area contributed by atoms with E-state index in [1.54, 1.807) is 18.5 Å². The number of amides is 1. The molecule has 1 aliphatic heterocycles. The molecule has 1 amide bonds. The van der Waals surface area contributed by atoms with E-state index < -0.39 is 6.17 Å². The summed E-state index contributed by atoms with van der Waals surface area (Å²) in [5, 5.41) is 13.9. The molecule has 1 unspecified atom stereocenters. The van der Waals surface area contributed by atoms with Crippen LogP contribution >= 0.6 is 0 Å². The first-order valence-electron chi connectivity index (χ1n) is 9.32. The van der Waals surface area contributed by atoms with E-state index >= 15 is 0 Å². The Hall–Kier alpha value is -4.33. The highest BCUT2D eigenvalue weighted by molar-refractivity contribution is 6.19. The topological polar surface area (TPSA) is 105 Å². The smallest absolute Gasteiger partial charge is 0.317 e. The van der Waals surface area contributed by atoms with E-state index in [0.29, 0.717) is 22.9 Å². The van der Waals surface area contributed by atoms with Gasteiger partial charge in [-0.05, 0) is 18.2 Å². The first kappa shape index (κ1) is 17.7. The summed E-state index contributed by atoms with van der Waals surface area (Å²) in [6, 6.07) is 20.9. The number of hydrogen-bond acceptors (Lipinski definition) is 7. The second-order valence-corrected chi connectivity index (χ2v) is 6.58. The lowest BCUT2D eigenvalue weighted by Gasteiger charge is -2.11. The summed E-state index contributed by atoms with van der Waals surface area (Å²) >= 11 is 0. The van der Waals surface area contributed by atoms with Gasteiger partial charge >= 0.3 is 6.01 Å². The number of para-hydroxylation sites is 1. The van der Waals surface area contributed by atoms with Gasteiger partial charge < -0.3 is 15.1 Å². The molecule has 146 valence electrons. The average Bonchev–Trinajstić information content (AvgIpc) is 3.21. The molecule has 0 aliphatic carbocycles. The van der Waals surface area contributed by atoms with Gasteiger partial charge in [-0.3, -0.25) is 9.78 Å². The molecule has 0 saturated carbocycles. The fourth-order valence-electron chi connectivity index (χ4n) is 3.19. The minimum Gasteiger partial charge on any atom is -0.403 e. The molecule has 4 aromatic rings. The maximum absolute atomic E-state index is 12.9. The van der Waals surface area contributed by atoms with Crippen LogP contribution in [0.15, 0.2) is 88.5 Å². The Kier molecular flexibility index (Phi) is 4.49. The summed E-state index contributed by atoms with van der Waals surface area (Å²) in [7, 11) is 0. The lowest BCUT2D eigenvalue weighted by molar-refractivity contribution is -0.116. The van der Waals surface area contributed by atoms with Crippen LogP contribution in [0.3, 0.4) is 0 Å². The van der Waals surface area contributed by atoms with Gasteiger partial charge in [0.25, 0.3) is 11.8 Å². The largest absolute Gasteiger partial charge is 0.403 e. The molecule has 0 fully saturated rings. The first-order valence-corrected chi connectivity index (χ1v) is 9.32. The Bertz CT molecular complexity index is 1220. The Morgan fingerprint density at radius 1 is 0.900 bits per heavy atom. The summed E-state index contributed by atoms with van der Waals surface area (Å²) in [4.78, 5) is 21.6. The van der Waals surface area contributed by atoms with Gasteiger partial charge in [0, 0.05) is 23.5 Å². The lowest BCUT2D eigenvalue weighted by Crippen LogP contribution is -2.32. The minimum absolute atomic E-state index is 0.0936. The fourth-order valence-corrected chi connectivity index (χ4v) is 3.19. The van der Waals surface area contributed by atoms with Crippen molar-refractivity contribution in [1.82, 2.24) is 15.2 Å². The van der Waals surface area contributed by atoms with E-state index in [1.165, 1.54) is 0 Å². The summed E-state index contributed by atoms with van der Waals surface area (Å²) in [5.41, 5.74) is 3.80. The van der Waals surface area contributed by atoms with Crippen molar-refractivity contribution in [3.8, 4) is 11.5 Å². The molecular formula is C22H16N6O2. The molecule has 0 saturated heterocycles. The van der Waals surface area contributed by atoms with Crippen LogP contribution in [0.1, 0.15) is 11.1 Å². The summed E-state index contributed by atoms with van der Waals surface area (Å²) in [6.45, 7) is 0. The number of nitrogens with zero attached hydrogens (tertiary/aromatic N) is 4. The number of pyridine rings is 1. The SMILES string of the molecule is O=C1Nc2ccccc2C(c2ccccc2)=NC1Nc1nnc(-c2cccnc2)o1. The molecule has 8 heteroatoms. The first-order chi connectivity index (χ1) is 14.8. The molecule has 0 spiro atoms. The summed E-state index contributed by atoms with van der Waals surface area (Å²) in [5.74, 6) is -0.0234. The minimum atomic E-state index is -0.949. The van der Waals surface area contributed by atoms with Crippen LogP contribution in [-0.4, -0.2) is 33.0 Å². The Morgan fingerprint density at radius 2 is 1.70 bits per heavy atom. The number of hydrogen-bond donors (Lipinski definition) is 2. The van der Waals surface area contributed by atoms with Crippen molar-refractivity contribution in [1.29, 1.82) is 0 Å². The Balaban J connectivity index is 1.51. The number of nitrogens with one attached hydrogen (secondary N) is 2. The van der Waals surface area contributed by atoms with E-state index in [0.717, 1.165) is 11.1 Å². The number of benzene rings is 2. The molecule has 2 aromatic heterocycles. The normalized spacial score (nSPS) is 15.5. The molecule has 3 heterocycles. The Morgan fingerprint density at radius 3 is 2.53 bits per heavy atom. The predicted octanol–water partition coefficient (Wildman–Crippen LogP) is 3.36. The zero-order valence-electron chi connectivity index (χ0n) is 15.7. The second kappa shape index (κ2) is 7.59. The Labute approximate surface area is 171 Å². The molecule has 30 heavy (non-hydrogen) atoms. The number of carbonyl (C=O) groups excluding carboxylic acids is 1. The standard InChI is InChI=1S/C22H16N6O2/c29-20-19(26-22-28-27-21(30-22)15-9-6-12-23-13-15)25-18(14-7-2-1-3-8-14)16-10-4-5-11-17(16)24-20/h1-13,19H,(H,24,29)(H,26,28). The zero-order chi connectivity index (χ0) is 20.3. The van der Waals surface area contributed by atoms with Crippen molar-refractivity contribution in [2.24, 2.45) is 4.99 Å². The van der Waals surface area contributed by atoms with Crippen LogP contribution in [0.4, 0.5) is 11.7 Å². The molecule has 0 radical (unpaired) electrons. The zero-order valence-corrected chi connectivity index (χ0v) is 15.7. The highest BCUT2D eigenvalue weighted by Gasteiger charge is 2.27. The van der Waals surface area contributed by atoms with Gasteiger partial charge in [0.1, 0.15) is 0 Å². The molecule has 5 rings (SSSR count). The third-order valence-electron chi connectivity index (χ3n) is 4.59. The van der Waals surface area contributed by atoms with Gasteiger partial charge in [0.05, 0.1) is 17.0 Å². The molecule has 1 aliphatic rings. The molecule has 2 aromatic carbocycles. The van der Waals surface area contributed by atoms with Crippen molar-refractivity contribution in [2.75, 3.05) is 10.6 Å². The van der Waals surface area contributed by atoms with Gasteiger partial charge in [-0.25, -0.2) is 4.99 Å². The van der Waals surface area contributed by atoms with Crippen LogP contribution in [0, 0.1) is 0 Å². The number of carbonyl (C=O) groups is 1. The molecule has 8 nitrogen and oxygen atoms in total. The molecule has 2 N–H and O–H groups in total. The quantitative estimate of drug-likeness (QED) is 0.548. The average molecular weight is 396 g/mol. The van der Waals surface area contributed by atoms with Crippen LogP contribution in [0.2, 0.25) is 0 Å². The molecule has 0 bridgehead atoms. The van der Waals surface area contributed by atoms with Crippen molar-refractivity contribution >= 4 is 23.3 Å². The maximum atomic E-state index is 12.9. The van der Waals surface area contributed by atoms with Crippen molar-refractivity contribution in [3.63, 3.8) is 0 Å². The van der Waals surface area contributed by atoms with E-state index in [-0.39, 0.29) is 11.9 Å². The van der Waals surface area contributed by atoms with E-state index in [9.17, 15) is 4.79 Å². The summed E-state index contributed by atoms with van der Waals surface area (Å²) in [6.07, 6.45) is 2.33. The van der Waals surface area contributed by atoms with E-state index in [1.807, 2.05) is 60.7 Å². The number of benzodiazepines with no additional fused rings is 1. The molecular weight excluding hydrogens is 380 g/mol. The van der Waals surface area contributed by atoms with E-state index in [4.69, 9.17) is 9.41 Å². The number of anilines is 2. The van der Waals surface area contributed by atoms with Crippen LogP contribution < -0.4 is 10.6 Å². The summed E-state index contributed by atoms with van der Waals surface area (Å²) < 4.78 is 5.66. The van der Waals surface area contributed by atoms with Crippen molar-refractivity contribution in [3.05, 3.63) is 90.3 Å². The van der Waals surface area contributed by atoms with Crippen LogP contribution in [0.5, 0.6) is 0 Å². The third kappa shape index (κ3) is 3.42. The highest BCUT2D eigenvalue weighted by Crippen LogP contribution is 2.25. The maximum Gasteiger partial charge on any atom is 0.317 e. The highest BCUT2D eigenvalue weighted by atomic mass is 16.4. The monoisotopic (exact) mass is 396 g/mol. The second-order valence-electron chi connectivity index (χ2n) is 6.58. The van der Waals surface area contributed by atoms with Gasteiger partial charge in [-0.2, -0.15) is 0 Å². The number of aliphatic imine (C=N–C) groups is 1. The number of rotatable bonds is 4. The number of fused-ring (bicyclic) bond motifs is 1. The van der Waals surface area contributed by atoms with E-state index in [2.05, 4.69) is 25.8 Å². The fraction of sp³-hybridized carbons (Fsp3) is 0.0455. The van der Waals surface area contributed by atoms with Gasteiger partial charge in [-0.1, -0.05) is 53.6 Å². The third-order valence-corrected chi connectivity index (χ3v) is 4.59. The van der Waals surface area contributed by atoms with Gasteiger partial charge in [0.2, 0.25) is 6.17 Å². The number of aromatic nitrogens is 3. The van der Waals surface area contributed by atoms with Crippen LogP contribution in [-0.2, 0) is 4.79 Å². The van der Waals surface area contributed by atoms with Gasteiger partial charge in [-0.15, -0.1) is 5.10 Å². The lowest BCUT2D eigenvalue weighted by atomic mass is 10.0.